The number of hydrogen-bond acceptors (Lipinski definition) is 6. The second-order valence-electron chi connectivity index (χ2n) is 12.6. The summed E-state index contributed by atoms with van der Waals surface area (Å²) in [5, 5.41) is 1.71. The Labute approximate surface area is 258 Å². The van der Waals surface area contributed by atoms with Crippen molar-refractivity contribution < 1.29 is 14.3 Å². The molecule has 0 amide bonds. The molecule has 1 atom stereocenters. The molecule has 8 heteroatoms. The van der Waals surface area contributed by atoms with Gasteiger partial charge in [-0.1, -0.05) is 43.2 Å². The number of aromatic nitrogens is 2. The van der Waals surface area contributed by atoms with Crippen LogP contribution in [0.25, 0.3) is 16.6 Å². The number of nitrogens with one attached hydrogen (secondary N) is 1. The van der Waals surface area contributed by atoms with E-state index in [1.54, 1.807) is 17.8 Å². The lowest BCUT2D eigenvalue weighted by Crippen LogP contribution is -2.52. The van der Waals surface area contributed by atoms with Gasteiger partial charge in [-0.2, -0.15) is 0 Å². The van der Waals surface area contributed by atoms with Crippen LogP contribution in [0.2, 0.25) is 5.02 Å². The Hall–Kier alpha value is -3.81. The molecule has 0 radical (unpaired) electrons. The van der Waals surface area contributed by atoms with Gasteiger partial charge in [-0.05, 0) is 79.1 Å². The molecule has 0 saturated carbocycles. The lowest BCUT2D eigenvalue weighted by Gasteiger charge is -2.43. The number of halogens is 1. The summed E-state index contributed by atoms with van der Waals surface area (Å²) >= 11 is 6.22. The summed E-state index contributed by atoms with van der Waals surface area (Å²) in [7, 11) is 1.38. The Morgan fingerprint density at radius 1 is 1.12 bits per heavy atom. The highest BCUT2D eigenvalue weighted by molar-refractivity contribution is 6.30. The van der Waals surface area contributed by atoms with Crippen molar-refractivity contribution in [3.63, 3.8) is 0 Å². The second-order valence-corrected chi connectivity index (χ2v) is 13.0. The highest BCUT2D eigenvalue weighted by Crippen LogP contribution is 2.43. The van der Waals surface area contributed by atoms with Crippen LogP contribution in [-0.2, 0) is 4.74 Å². The van der Waals surface area contributed by atoms with Gasteiger partial charge in [-0.15, -0.1) is 0 Å². The molecule has 1 saturated heterocycles. The van der Waals surface area contributed by atoms with Gasteiger partial charge in [0.15, 0.2) is 0 Å². The number of H-pyrrole nitrogens is 1. The third-order valence-corrected chi connectivity index (χ3v) is 9.13. The third kappa shape index (κ3) is 6.43. The number of anilines is 1. The zero-order chi connectivity index (χ0) is 30.1. The van der Waals surface area contributed by atoms with Gasteiger partial charge in [0.2, 0.25) is 0 Å². The van der Waals surface area contributed by atoms with Crippen molar-refractivity contribution in [1.82, 2.24) is 14.9 Å². The minimum atomic E-state index is -0.434. The predicted molar refractivity (Wildman–Crippen MR) is 173 cm³/mol. The molecule has 1 fully saturated rings. The van der Waals surface area contributed by atoms with Crippen molar-refractivity contribution in [3.8, 4) is 11.5 Å². The molecule has 43 heavy (non-hydrogen) atoms. The number of carbonyl (C=O) groups is 1. The number of esters is 1. The number of benzene rings is 2. The lowest BCUT2D eigenvalue weighted by atomic mass is 9.72. The molecule has 7 nitrogen and oxygen atoms in total. The Bertz CT molecular complexity index is 1660. The van der Waals surface area contributed by atoms with Gasteiger partial charge in [0.1, 0.15) is 22.7 Å². The van der Waals surface area contributed by atoms with Crippen molar-refractivity contribution in [1.29, 1.82) is 0 Å². The fraction of sp³-hybridized carbons (Fsp3) is 0.371. The van der Waals surface area contributed by atoms with Gasteiger partial charge in [0.05, 0.1) is 13.3 Å². The summed E-state index contributed by atoms with van der Waals surface area (Å²) in [6.07, 6.45) is 6.91. The Morgan fingerprint density at radius 2 is 1.93 bits per heavy atom. The first kappa shape index (κ1) is 29.3. The van der Waals surface area contributed by atoms with E-state index in [1.807, 2.05) is 42.6 Å². The molecule has 1 aliphatic carbocycles. The standard InChI is InChI=1S/C35H39ClN4O3/c1-23-21-40(16-15-39(23)22-26-11-13-35(2,3)19-31(26)24-5-7-27(36)8-6-24)28-9-10-30(34(41)42-4)32(18-28)43-29-17-25-12-14-37-33(25)38-20-29/h5-10,12,14,17-18,20,23H,11,13,15-16,19,21-22H2,1-4H3,(H,37,38). The van der Waals surface area contributed by atoms with Crippen LogP contribution in [0.4, 0.5) is 5.69 Å². The monoisotopic (exact) mass is 598 g/mol. The van der Waals surface area contributed by atoms with Crippen molar-refractivity contribution in [2.24, 2.45) is 5.41 Å². The van der Waals surface area contributed by atoms with E-state index in [4.69, 9.17) is 21.1 Å². The van der Waals surface area contributed by atoms with E-state index in [9.17, 15) is 4.79 Å². The highest BCUT2D eigenvalue weighted by atomic mass is 35.5. The van der Waals surface area contributed by atoms with Gasteiger partial charge in [-0.3, -0.25) is 4.90 Å². The largest absolute Gasteiger partial charge is 0.465 e. The smallest absolute Gasteiger partial charge is 0.341 e. The number of pyridine rings is 1. The summed E-state index contributed by atoms with van der Waals surface area (Å²) in [5.74, 6) is 0.586. The number of aromatic amines is 1. The van der Waals surface area contributed by atoms with E-state index in [-0.39, 0.29) is 0 Å². The van der Waals surface area contributed by atoms with Gasteiger partial charge in [-0.25, -0.2) is 9.78 Å². The normalized spacial score (nSPS) is 19.1. The van der Waals surface area contributed by atoms with E-state index in [0.29, 0.717) is 28.5 Å². The number of rotatable bonds is 7. The van der Waals surface area contributed by atoms with Gasteiger partial charge < -0.3 is 19.4 Å². The second kappa shape index (κ2) is 12.1. The maximum absolute atomic E-state index is 12.6. The molecule has 224 valence electrons. The van der Waals surface area contributed by atoms with Crippen LogP contribution < -0.4 is 9.64 Å². The van der Waals surface area contributed by atoms with Crippen molar-refractivity contribution in [2.75, 3.05) is 38.2 Å². The number of fused-ring (bicyclic) bond motifs is 1. The average molecular weight is 599 g/mol. The fourth-order valence-electron chi connectivity index (χ4n) is 6.35. The minimum absolute atomic E-state index is 0.294. The number of nitrogens with zero attached hydrogens (tertiary/aromatic N) is 3. The molecule has 2 aliphatic rings. The van der Waals surface area contributed by atoms with Gasteiger partial charge in [0, 0.05) is 60.6 Å². The SMILES string of the molecule is COC(=O)c1ccc(N2CCN(CC3=C(c4ccc(Cl)cc4)CC(C)(C)CC3)C(C)C2)cc1Oc1cnc2[nH]ccc2c1. The lowest BCUT2D eigenvalue weighted by molar-refractivity contribution is 0.0598. The number of ether oxygens (including phenoxy) is 2. The van der Waals surface area contributed by atoms with E-state index < -0.39 is 5.97 Å². The van der Waals surface area contributed by atoms with Gasteiger partial charge in [0.25, 0.3) is 0 Å². The average Bonchev–Trinajstić information content (AvgIpc) is 3.47. The van der Waals surface area contributed by atoms with Crippen LogP contribution in [0.3, 0.4) is 0 Å². The van der Waals surface area contributed by atoms with Crippen LogP contribution >= 0.6 is 11.6 Å². The van der Waals surface area contributed by atoms with Crippen molar-refractivity contribution >= 4 is 39.9 Å². The van der Waals surface area contributed by atoms with Crippen molar-refractivity contribution in [2.45, 2.75) is 46.1 Å². The molecule has 1 aliphatic heterocycles. The minimum Gasteiger partial charge on any atom is -0.465 e. The highest BCUT2D eigenvalue weighted by Gasteiger charge is 2.31. The van der Waals surface area contributed by atoms with E-state index in [0.717, 1.165) is 60.8 Å². The van der Waals surface area contributed by atoms with Crippen LogP contribution in [-0.4, -0.2) is 60.2 Å². The van der Waals surface area contributed by atoms with Crippen LogP contribution in [0, 0.1) is 5.41 Å². The molecule has 0 bridgehead atoms. The number of piperazine rings is 1. The molecule has 3 heterocycles. The summed E-state index contributed by atoms with van der Waals surface area (Å²) in [4.78, 5) is 25.1. The summed E-state index contributed by atoms with van der Waals surface area (Å²) in [6.45, 7) is 10.7. The number of hydrogen-bond donors (Lipinski definition) is 1. The van der Waals surface area contributed by atoms with Crippen LogP contribution in [0.15, 0.2) is 72.6 Å². The zero-order valence-corrected chi connectivity index (χ0v) is 26.1. The maximum atomic E-state index is 12.6. The van der Waals surface area contributed by atoms with Gasteiger partial charge >= 0.3 is 5.97 Å². The molecule has 1 unspecified atom stereocenters. The first-order valence-corrected chi connectivity index (χ1v) is 15.4. The quantitative estimate of drug-likeness (QED) is 0.218. The molecular weight excluding hydrogens is 560 g/mol. The first-order valence-electron chi connectivity index (χ1n) is 15.0. The number of allylic oxidation sites excluding steroid dienone is 1. The molecular formula is C35H39ClN4O3. The molecule has 0 spiro atoms. The molecule has 4 aromatic rings. The summed E-state index contributed by atoms with van der Waals surface area (Å²) < 4.78 is 11.3. The molecule has 6 rings (SSSR count). The Balaban J connectivity index is 1.20. The molecule has 1 N–H and O–H groups in total. The van der Waals surface area contributed by atoms with Crippen LogP contribution in [0.5, 0.6) is 11.5 Å². The van der Waals surface area contributed by atoms with Crippen LogP contribution in [0.1, 0.15) is 56.0 Å². The number of methoxy groups -OCH3 is 1. The Morgan fingerprint density at radius 3 is 2.70 bits per heavy atom. The van der Waals surface area contributed by atoms with Crippen molar-refractivity contribution in [3.05, 3.63) is 88.7 Å². The predicted octanol–water partition coefficient (Wildman–Crippen LogP) is 7.97. The maximum Gasteiger partial charge on any atom is 0.341 e. The topological polar surface area (TPSA) is 70.7 Å². The zero-order valence-electron chi connectivity index (χ0n) is 25.3. The molecule has 2 aromatic carbocycles. The first-order chi connectivity index (χ1) is 20.7. The molecule has 2 aromatic heterocycles. The number of carbonyl (C=O) groups excluding carboxylic acids is 1. The van der Waals surface area contributed by atoms with E-state index in [1.165, 1.54) is 24.7 Å². The van der Waals surface area contributed by atoms with E-state index in [2.05, 4.69) is 52.7 Å². The Kier molecular flexibility index (Phi) is 8.21. The summed E-state index contributed by atoms with van der Waals surface area (Å²) in [5.41, 5.74) is 6.81. The fourth-order valence-corrected chi connectivity index (χ4v) is 6.47. The third-order valence-electron chi connectivity index (χ3n) is 8.88. The van der Waals surface area contributed by atoms with E-state index >= 15 is 0 Å². The summed E-state index contributed by atoms with van der Waals surface area (Å²) in [6, 6.07) is 18.3.